The van der Waals surface area contributed by atoms with E-state index in [1.54, 1.807) is 19.1 Å². The number of aliphatic imine (C=N–C) groups is 1. The van der Waals surface area contributed by atoms with E-state index in [-0.39, 0.29) is 17.2 Å². The van der Waals surface area contributed by atoms with Gasteiger partial charge in [0, 0.05) is 25.5 Å². The van der Waals surface area contributed by atoms with Gasteiger partial charge in [-0.3, -0.25) is 9.97 Å². The van der Waals surface area contributed by atoms with Gasteiger partial charge in [-0.15, -0.1) is 0 Å². The van der Waals surface area contributed by atoms with Crippen LogP contribution in [-0.2, 0) is 0 Å². The Kier molecular flexibility index (Phi) is 6.43. The molecule has 0 radical (unpaired) electrons. The van der Waals surface area contributed by atoms with E-state index in [2.05, 4.69) is 30.0 Å². The van der Waals surface area contributed by atoms with Gasteiger partial charge in [0.25, 0.3) is 0 Å². The number of nitrogens with zero attached hydrogens (tertiary/aromatic N) is 8. The van der Waals surface area contributed by atoms with Crippen LogP contribution in [0.15, 0.2) is 47.0 Å². The fourth-order valence-electron chi connectivity index (χ4n) is 4.05. The maximum absolute atomic E-state index is 14.9. The molecule has 4 heterocycles. The van der Waals surface area contributed by atoms with Crippen molar-refractivity contribution in [2.75, 3.05) is 18.0 Å². The van der Waals surface area contributed by atoms with E-state index in [1.807, 2.05) is 18.7 Å². The van der Waals surface area contributed by atoms with Gasteiger partial charge in [-0.2, -0.15) is 5.10 Å². The Morgan fingerprint density at radius 3 is 2.16 bits per heavy atom. The summed E-state index contributed by atoms with van der Waals surface area (Å²) in [5.41, 5.74) is -0.660. The van der Waals surface area contributed by atoms with Crippen molar-refractivity contribution in [2.45, 2.75) is 20.8 Å². The van der Waals surface area contributed by atoms with Crippen molar-refractivity contribution in [2.24, 2.45) is 10.1 Å². The van der Waals surface area contributed by atoms with E-state index in [1.165, 1.54) is 29.5 Å². The minimum absolute atomic E-state index is 0.0109. The lowest BCUT2D eigenvalue weighted by Gasteiger charge is -2.20. The van der Waals surface area contributed by atoms with Gasteiger partial charge < -0.3 is 4.90 Å². The van der Waals surface area contributed by atoms with Crippen molar-refractivity contribution < 1.29 is 22.0 Å². The number of imidazole rings is 1. The van der Waals surface area contributed by atoms with Gasteiger partial charge in [-0.1, -0.05) is 0 Å². The van der Waals surface area contributed by atoms with Gasteiger partial charge in [0.05, 0.1) is 29.3 Å². The number of fused-ring (bicyclic) bond motifs is 1. The zero-order valence-electron chi connectivity index (χ0n) is 20.3. The minimum atomic E-state index is -2.27. The number of aromatic nitrogens is 5. The summed E-state index contributed by atoms with van der Waals surface area (Å²) in [5, 5.41) is 4.18. The van der Waals surface area contributed by atoms with Crippen LogP contribution in [0.4, 0.5) is 33.5 Å². The summed E-state index contributed by atoms with van der Waals surface area (Å²) in [4.78, 5) is 23.5. The predicted molar refractivity (Wildman–Crippen MR) is 130 cm³/mol. The number of pyridine rings is 1. The number of anilines is 1. The molecule has 1 aliphatic rings. The van der Waals surface area contributed by atoms with Crippen LogP contribution in [0.3, 0.4) is 0 Å². The summed E-state index contributed by atoms with van der Waals surface area (Å²) >= 11 is 0. The standard InChI is InChI=1S/C25H19F5N8/c1-4-37(5-2)16-7-6-13(12(3)34-16)35-24-23(17-18(26)20(28)22(30)21(29)19(17)27)36-38-15(11-33-25(24)38)14-10-31-8-9-32-14/h6-11H,4-5H2,1-3H3/b35-24-. The second-order valence-corrected chi connectivity index (χ2v) is 8.17. The summed E-state index contributed by atoms with van der Waals surface area (Å²) in [7, 11) is 0. The fourth-order valence-corrected chi connectivity index (χ4v) is 4.05. The number of hydrogen-bond donors (Lipinski definition) is 0. The first-order chi connectivity index (χ1) is 18.3. The molecule has 38 heavy (non-hydrogen) atoms. The van der Waals surface area contributed by atoms with Crippen LogP contribution in [0.5, 0.6) is 0 Å². The summed E-state index contributed by atoms with van der Waals surface area (Å²) in [6.45, 7) is 7.09. The third-order valence-corrected chi connectivity index (χ3v) is 6.01. The lowest BCUT2D eigenvalue weighted by Crippen LogP contribution is -2.23. The van der Waals surface area contributed by atoms with Crippen LogP contribution in [0.2, 0.25) is 0 Å². The summed E-state index contributed by atoms with van der Waals surface area (Å²) in [6, 6.07) is 3.37. The molecule has 0 saturated heterocycles. The molecule has 0 unspecified atom stereocenters. The van der Waals surface area contributed by atoms with E-state index < -0.39 is 40.4 Å². The molecule has 0 aliphatic carbocycles. The van der Waals surface area contributed by atoms with Crippen LogP contribution in [0, 0.1) is 36.0 Å². The zero-order chi connectivity index (χ0) is 27.1. The SMILES string of the molecule is CCN(CC)c1ccc(/N=C2/C(c3c(F)c(F)c(F)c(F)c3F)=Nn3c(-c4cnccn4)cnc32)c(C)n1. The normalized spacial score (nSPS) is 13.7. The van der Waals surface area contributed by atoms with Crippen molar-refractivity contribution in [1.29, 1.82) is 0 Å². The highest BCUT2D eigenvalue weighted by atomic mass is 19.2. The quantitative estimate of drug-likeness (QED) is 0.201. The molecule has 3 aromatic heterocycles. The Hall–Kier alpha value is -4.55. The largest absolute Gasteiger partial charge is 0.357 e. The van der Waals surface area contributed by atoms with Crippen LogP contribution >= 0.6 is 0 Å². The van der Waals surface area contributed by atoms with Crippen molar-refractivity contribution >= 4 is 22.9 Å². The molecule has 8 nitrogen and oxygen atoms in total. The Labute approximate surface area is 213 Å². The van der Waals surface area contributed by atoms with Gasteiger partial charge in [0.1, 0.15) is 28.6 Å². The number of hydrogen-bond acceptors (Lipinski definition) is 7. The summed E-state index contributed by atoms with van der Waals surface area (Å²) in [5.74, 6) is -9.83. The molecule has 1 aromatic carbocycles. The second-order valence-electron chi connectivity index (χ2n) is 8.17. The molecule has 5 rings (SSSR count). The molecule has 0 bridgehead atoms. The van der Waals surface area contributed by atoms with Gasteiger partial charge in [-0.05, 0) is 32.9 Å². The zero-order valence-corrected chi connectivity index (χ0v) is 20.3. The fraction of sp³-hybridized carbons (Fsp3) is 0.200. The maximum Gasteiger partial charge on any atom is 0.200 e. The topological polar surface area (TPSA) is 84.5 Å². The van der Waals surface area contributed by atoms with Crippen molar-refractivity contribution in [3.63, 3.8) is 0 Å². The van der Waals surface area contributed by atoms with Gasteiger partial charge in [0.2, 0.25) is 5.82 Å². The summed E-state index contributed by atoms with van der Waals surface area (Å²) < 4.78 is 73.0. The highest BCUT2D eigenvalue weighted by molar-refractivity contribution is 6.54. The number of halogens is 5. The predicted octanol–water partition coefficient (Wildman–Crippen LogP) is 4.97. The van der Waals surface area contributed by atoms with Crippen LogP contribution < -0.4 is 4.90 Å². The minimum Gasteiger partial charge on any atom is -0.357 e. The molecule has 0 spiro atoms. The molecule has 194 valence electrons. The smallest absolute Gasteiger partial charge is 0.200 e. The van der Waals surface area contributed by atoms with E-state index in [0.29, 0.717) is 22.9 Å². The van der Waals surface area contributed by atoms with Crippen molar-refractivity contribution in [1.82, 2.24) is 24.6 Å². The van der Waals surface area contributed by atoms with E-state index in [4.69, 9.17) is 0 Å². The summed E-state index contributed by atoms with van der Waals surface area (Å²) in [6.07, 6.45) is 5.66. The Balaban J connectivity index is 1.74. The molecular formula is C25H19F5N8. The molecular weight excluding hydrogens is 507 g/mol. The molecule has 0 amide bonds. The Bertz CT molecular complexity index is 1580. The van der Waals surface area contributed by atoms with E-state index >= 15 is 0 Å². The number of rotatable bonds is 6. The first-order valence-electron chi connectivity index (χ1n) is 11.5. The highest BCUT2D eigenvalue weighted by Crippen LogP contribution is 2.31. The van der Waals surface area contributed by atoms with E-state index in [0.717, 1.165) is 13.1 Å². The molecule has 0 atom stereocenters. The monoisotopic (exact) mass is 526 g/mol. The van der Waals surface area contributed by atoms with Crippen LogP contribution in [0.1, 0.15) is 30.9 Å². The lowest BCUT2D eigenvalue weighted by molar-refractivity contribution is 0.377. The number of aryl methyl sites for hydroxylation is 1. The number of benzene rings is 1. The third-order valence-electron chi connectivity index (χ3n) is 6.01. The van der Waals surface area contributed by atoms with Gasteiger partial charge in [-0.25, -0.2) is 41.6 Å². The van der Waals surface area contributed by atoms with Crippen LogP contribution in [0.25, 0.3) is 11.4 Å². The first kappa shape index (κ1) is 25.1. The van der Waals surface area contributed by atoms with Crippen molar-refractivity contribution in [3.8, 4) is 11.4 Å². The third kappa shape index (κ3) is 3.99. The molecule has 0 N–H and O–H groups in total. The average molecular weight is 526 g/mol. The molecule has 0 fully saturated rings. The maximum atomic E-state index is 14.9. The molecule has 1 aliphatic heterocycles. The first-order valence-corrected chi connectivity index (χ1v) is 11.5. The average Bonchev–Trinajstić information content (AvgIpc) is 3.49. The highest BCUT2D eigenvalue weighted by Gasteiger charge is 2.36. The Morgan fingerprint density at radius 2 is 1.55 bits per heavy atom. The Morgan fingerprint density at radius 1 is 0.868 bits per heavy atom. The van der Waals surface area contributed by atoms with Crippen molar-refractivity contribution in [3.05, 3.63) is 83.1 Å². The van der Waals surface area contributed by atoms with Crippen LogP contribution in [-0.4, -0.2) is 49.1 Å². The molecule has 4 aromatic rings. The molecule has 0 saturated carbocycles. The van der Waals surface area contributed by atoms with Gasteiger partial charge >= 0.3 is 0 Å². The lowest BCUT2D eigenvalue weighted by atomic mass is 10.0. The van der Waals surface area contributed by atoms with E-state index in [9.17, 15) is 22.0 Å². The second kappa shape index (κ2) is 9.72. The molecule has 13 heteroatoms. The van der Waals surface area contributed by atoms with Gasteiger partial charge in [0.15, 0.2) is 29.1 Å².